The van der Waals surface area contributed by atoms with E-state index in [1.54, 1.807) is 6.07 Å². The molecular formula is C13H9N3O3S2. The van der Waals surface area contributed by atoms with Crippen LogP contribution >= 0.6 is 23.1 Å². The molecule has 0 unspecified atom stereocenters. The van der Waals surface area contributed by atoms with Crippen molar-refractivity contribution in [3.8, 4) is 10.8 Å². The second-order valence-corrected chi connectivity index (χ2v) is 6.12. The third-order valence-corrected chi connectivity index (χ3v) is 4.41. The molecule has 0 N–H and O–H groups in total. The lowest BCUT2D eigenvalue weighted by Gasteiger charge is -2.00. The zero-order valence-electron chi connectivity index (χ0n) is 10.8. The van der Waals surface area contributed by atoms with E-state index >= 15 is 0 Å². The molecule has 0 aliphatic carbocycles. The fourth-order valence-electron chi connectivity index (χ4n) is 1.70. The summed E-state index contributed by atoms with van der Waals surface area (Å²) in [5.41, 5.74) is 0.867. The minimum absolute atomic E-state index is 0.0378. The molecule has 0 fully saturated rings. The lowest BCUT2D eigenvalue weighted by Crippen LogP contribution is -1.91. The highest BCUT2D eigenvalue weighted by molar-refractivity contribution is 7.99. The Morgan fingerprint density at radius 2 is 2.19 bits per heavy atom. The van der Waals surface area contributed by atoms with E-state index < -0.39 is 4.92 Å². The minimum Gasteiger partial charge on any atom is -0.410 e. The Morgan fingerprint density at radius 1 is 1.33 bits per heavy atom. The second-order valence-electron chi connectivity index (χ2n) is 4.18. The number of benzene rings is 1. The van der Waals surface area contributed by atoms with Crippen molar-refractivity contribution in [2.75, 3.05) is 0 Å². The zero-order chi connectivity index (χ0) is 14.8. The highest BCUT2D eigenvalue weighted by Crippen LogP contribution is 2.36. The van der Waals surface area contributed by atoms with Gasteiger partial charge in [0.05, 0.1) is 14.7 Å². The van der Waals surface area contributed by atoms with Gasteiger partial charge in [0.2, 0.25) is 0 Å². The first-order valence-corrected chi connectivity index (χ1v) is 7.63. The quantitative estimate of drug-likeness (QED) is 0.530. The molecule has 1 aromatic carbocycles. The van der Waals surface area contributed by atoms with E-state index in [1.165, 1.54) is 17.4 Å². The molecule has 0 saturated carbocycles. The van der Waals surface area contributed by atoms with E-state index in [2.05, 4.69) is 10.2 Å². The number of hydrogen-bond acceptors (Lipinski definition) is 7. The normalized spacial score (nSPS) is 10.7. The van der Waals surface area contributed by atoms with E-state index in [4.69, 9.17) is 4.42 Å². The van der Waals surface area contributed by atoms with E-state index in [9.17, 15) is 10.1 Å². The first kappa shape index (κ1) is 13.8. The fourth-order valence-corrected chi connectivity index (χ4v) is 3.11. The van der Waals surface area contributed by atoms with Crippen LogP contribution in [0.4, 0.5) is 5.69 Å². The highest BCUT2D eigenvalue weighted by Gasteiger charge is 2.18. The Kier molecular flexibility index (Phi) is 3.72. The van der Waals surface area contributed by atoms with E-state index in [-0.39, 0.29) is 10.9 Å². The molecule has 3 aromatic rings. The van der Waals surface area contributed by atoms with Gasteiger partial charge in [-0.15, -0.1) is 21.5 Å². The van der Waals surface area contributed by atoms with Gasteiger partial charge in [-0.2, -0.15) is 0 Å². The van der Waals surface area contributed by atoms with Gasteiger partial charge in [-0.05, 0) is 41.8 Å². The molecular weight excluding hydrogens is 310 g/mol. The van der Waals surface area contributed by atoms with Crippen LogP contribution in [0.1, 0.15) is 5.56 Å². The monoisotopic (exact) mass is 319 g/mol. The van der Waals surface area contributed by atoms with Gasteiger partial charge in [0.15, 0.2) is 0 Å². The van der Waals surface area contributed by atoms with Gasteiger partial charge in [-0.3, -0.25) is 10.1 Å². The number of nitro benzene ring substituents is 1. The summed E-state index contributed by atoms with van der Waals surface area (Å²) in [6, 6.07) is 8.79. The van der Waals surface area contributed by atoms with Crippen LogP contribution in [0, 0.1) is 17.0 Å². The van der Waals surface area contributed by atoms with Crippen molar-refractivity contribution >= 4 is 28.8 Å². The molecule has 3 rings (SSSR count). The number of aryl methyl sites for hydroxylation is 1. The number of rotatable bonds is 4. The zero-order valence-corrected chi connectivity index (χ0v) is 12.5. The van der Waals surface area contributed by atoms with Crippen molar-refractivity contribution in [2.45, 2.75) is 17.0 Å². The summed E-state index contributed by atoms with van der Waals surface area (Å²) in [6.45, 7) is 1.81. The number of hydrogen-bond donors (Lipinski definition) is 0. The summed E-state index contributed by atoms with van der Waals surface area (Å²) in [6.07, 6.45) is 0. The smallest absolute Gasteiger partial charge is 0.283 e. The summed E-state index contributed by atoms with van der Waals surface area (Å²) < 4.78 is 5.53. The van der Waals surface area contributed by atoms with Crippen LogP contribution < -0.4 is 0 Å². The Bertz CT molecular complexity index is 784. The molecule has 106 valence electrons. The van der Waals surface area contributed by atoms with Crippen molar-refractivity contribution in [3.63, 3.8) is 0 Å². The third-order valence-electron chi connectivity index (χ3n) is 2.65. The number of nitrogens with zero attached hydrogens (tertiary/aromatic N) is 3. The van der Waals surface area contributed by atoms with Crippen LogP contribution in [0.15, 0.2) is 50.2 Å². The van der Waals surface area contributed by atoms with Gasteiger partial charge in [0.25, 0.3) is 16.8 Å². The Morgan fingerprint density at radius 3 is 2.90 bits per heavy atom. The van der Waals surface area contributed by atoms with Crippen LogP contribution in [-0.2, 0) is 0 Å². The van der Waals surface area contributed by atoms with Crippen molar-refractivity contribution in [1.82, 2.24) is 10.2 Å². The lowest BCUT2D eigenvalue weighted by atomic mass is 10.2. The van der Waals surface area contributed by atoms with Gasteiger partial charge >= 0.3 is 0 Å². The SMILES string of the molecule is Cc1ccc(Sc2nnc(-c3cccs3)o2)c([N+](=O)[O-])c1. The summed E-state index contributed by atoms with van der Waals surface area (Å²) in [4.78, 5) is 12.0. The van der Waals surface area contributed by atoms with Crippen LogP contribution in [0.3, 0.4) is 0 Å². The molecule has 0 saturated heterocycles. The maximum absolute atomic E-state index is 11.1. The number of nitro groups is 1. The molecule has 0 aliphatic heterocycles. The molecule has 6 nitrogen and oxygen atoms in total. The second kappa shape index (κ2) is 5.66. The Labute approximate surface area is 128 Å². The van der Waals surface area contributed by atoms with Gasteiger partial charge in [-0.1, -0.05) is 12.1 Å². The van der Waals surface area contributed by atoms with E-state index in [0.717, 1.165) is 22.2 Å². The lowest BCUT2D eigenvalue weighted by molar-refractivity contribution is -0.387. The van der Waals surface area contributed by atoms with Gasteiger partial charge in [0.1, 0.15) is 0 Å². The molecule has 2 aromatic heterocycles. The van der Waals surface area contributed by atoms with Gasteiger partial charge in [-0.25, -0.2) is 0 Å². The Hall–Kier alpha value is -2.19. The standard InChI is InChI=1S/C13H9N3O3S2/c1-8-4-5-10(9(7-8)16(17)18)21-13-15-14-12(19-13)11-3-2-6-20-11/h2-7H,1H3. The van der Waals surface area contributed by atoms with Crippen LogP contribution in [0.5, 0.6) is 0 Å². The highest BCUT2D eigenvalue weighted by atomic mass is 32.2. The molecule has 0 aliphatic rings. The summed E-state index contributed by atoms with van der Waals surface area (Å²) in [5, 5.41) is 21.2. The predicted octanol–water partition coefficient (Wildman–Crippen LogP) is 4.17. The molecule has 8 heteroatoms. The molecule has 21 heavy (non-hydrogen) atoms. The minimum atomic E-state index is -0.411. The average molecular weight is 319 g/mol. The summed E-state index contributed by atoms with van der Waals surface area (Å²) in [7, 11) is 0. The Balaban J connectivity index is 1.89. The first-order chi connectivity index (χ1) is 10.1. The third kappa shape index (κ3) is 2.96. The molecule has 0 radical (unpaired) electrons. The van der Waals surface area contributed by atoms with E-state index in [0.29, 0.717) is 10.8 Å². The van der Waals surface area contributed by atoms with Crippen LogP contribution in [0.25, 0.3) is 10.8 Å². The van der Waals surface area contributed by atoms with Gasteiger partial charge < -0.3 is 4.42 Å². The molecule has 0 atom stereocenters. The summed E-state index contributed by atoms with van der Waals surface area (Å²) in [5.74, 6) is 0.419. The van der Waals surface area contributed by atoms with Crippen LogP contribution in [0.2, 0.25) is 0 Å². The molecule has 2 heterocycles. The number of aromatic nitrogens is 2. The topological polar surface area (TPSA) is 82.1 Å². The fraction of sp³-hybridized carbons (Fsp3) is 0.0769. The number of thiophene rings is 1. The van der Waals surface area contributed by atoms with Crippen molar-refractivity contribution in [2.24, 2.45) is 0 Å². The van der Waals surface area contributed by atoms with Crippen molar-refractivity contribution < 1.29 is 9.34 Å². The largest absolute Gasteiger partial charge is 0.410 e. The predicted molar refractivity (Wildman–Crippen MR) is 79.6 cm³/mol. The molecule has 0 bridgehead atoms. The molecule has 0 amide bonds. The average Bonchev–Trinajstić information content (AvgIpc) is 3.11. The van der Waals surface area contributed by atoms with Gasteiger partial charge in [0, 0.05) is 6.07 Å². The maximum atomic E-state index is 11.1. The summed E-state index contributed by atoms with van der Waals surface area (Å²) >= 11 is 2.58. The van der Waals surface area contributed by atoms with E-state index in [1.807, 2.05) is 30.5 Å². The van der Waals surface area contributed by atoms with Crippen molar-refractivity contribution in [1.29, 1.82) is 0 Å². The maximum Gasteiger partial charge on any atom is 0.283 e. The van der Waals surface area contributed by atoms with Crippen LogP contribution in [-0.4, -0.2) is 15.1 Å². The first-order valence-electron chi connectivity index (χ1n) is 5.94. The molecule has 0 spiro atoms. The van der Waals surface area contributed by atoms with Crippen molar-refractivity contribution in [3.05, 3.63) is 51.4 Å².